The Hall–Kier alpha value is -3.37. The Kier molecular flexibility index (Phi) is 6.28. The molecule has 0 radical (unpaired) electrons. The van der Waals surface area contributed by atoms with Crippen molar-refractivity contribution in [3.63, 3.8) is 0 Å². The fraction of sp³-hybridized carbons (Fsp3) is 0.133. The highest BCUT2D eigenvalue weighted by Crippen LogP contribution is 2.30. The van der Waals surface area contributed by atoms with Crippen molar-refractivity contribution in [1.29, 1.82) is 21.2 Å². The zero-order valence-electron chi connectivity index (χ0n) is 12.1. The van der Waals surface area contributed by atoms with Crippen molar-refractivity contribution < 1.29 is 0 Å². The van der Waals surface area contributed by atoms with E-state index in [1.54, 1.807) is 31.0 Å². The molecule has 0 amide bonds. The zero-order chi connectivity index (χ0) is 17.3. The summed E-state index contributed by atoms with van der Waals surface area (Å²) in [5.74, 6) is 1.78. The number of thioether (sulfide) groups is 1. The molecule has 0 aliphatic heterocycles. The first-order valence-corrected chi connectivity index (χ1v) is 6.99. The second kappa shape index (κ2) is 8.17. The Balaban J connectivity index is 3.08. The highest BCUT2D eigenvalue weighted by atomic mass is 32.2. The summed E-state index contributed by atoms with van der Waals surface area (Å²) in [4.78, 5) is 0. The number of hydrogen-bond acceptors (Lipinski definition) is 7. The molecular formula is C15H11N7S. The Bertz CT molecular complexity index is 798. The lowest BCUT2D eigenvalue weighted by molar-refractivity contribution is 1.11. The molecule has 1 aromatic rings. The van der Waals surface area contributed by atoms with Crippen LogP contribution in [-0.4, -0.2) is 21.5 Å². The van der Waals surface area contributed by atoms with Gasteiger partial charge in [0.2, 0.25) is 4.75 Å². The van der Waals surface area contributed by atoms with E-state index in [-0.39, 0.29) is 5.17 Å². The fourth-order valence-electron chi connectivity index (χ4n) is 1.47. The van der Waals surface area contributed by atoms with Crippen molar-refractivity contribution in [3.05, 3.63) is 41.5 Å². The molecular weight excluding hydrogens is 310 g/mol. The summed E-state index contributed by atoms with van der Waals surface area (Å²) in [5.41, 5.74) is 6.67. The molecule has 112 valence electrons. The molecule has 23 heavy (non-hydrogen) atoms. The van der Waals surface area contributed by atoms with E-state index in [1.807, 2.05) is 30.3 Å². The zero-order valence-corrected chi connectivity index (χ0v) is 12.9. The van der Waals surface area contributed by atoms with Gasteiger partial charge in [-0.3, -0.25) is 5.41 Å². The lowest BCUT2D eigenvalue weighted by Gasteiger charge is -2.13. The third-order valence-corrected chi connectivity index (χ3v) is 3.64. The Morgan fingerprint density at radius 1 is 1.17 bits per heavy atom. The van der Waals surface area contributed by atoms with E-state index in [9.17, 15) is 10.5 Å². The molecule has 0 heterocycles. The summed E-state index contributed by atoms with van der Waals surface area (Å²) in [6.07, 6.45) is 0. The molecule has 1 aromatic carbocycles. The number of nitrogens with two attached hydrogens (primary N) is 1. The van der Waals surface area contributed by atoms with E-state index in [1.165, 1.54) is 0 Å². The van der Waals surface area contributed by atoms with E-state index in [2.05, 4.69) is 10.2 Å². The van der Waals surface area contributed by atoms with Gasteiger partial charge in [-0.15, -0.1) is 5.10 Å². The summed E-state index contributed by atoms with van der Waals surface area (Å²) >= 11 is 0.543. The molecule has 0 fully saturated rings. The van der Waals surface area contributed by atoms with Gasteiger partial charge < -0.3 is 5.73 Å². The Morgan fingerprint density at radius 3 is 2.26 bits per heavy atom. The SMILES string of the molecule is C/C(=N\N=C(\N)SC(C#N)(C#N)C(=C=N)C#N)c1ccccc1. The van der Waals surface area contributed by atoms with Crippen LogP contribution in [0, 0.1) is 39.4 Å². The van der Waals surface area contributed by atoms with Crippen LogP contribution in [0.5, 0.6) is 0 Å². The van der Waals surface area contributed by atoms with Crippen molar-refractivity contribution in [1.82, 2.24) is 0 Å². The summed E-state index contributed by atoms with van der Waals surface area (Å²) in [5, 5.41) is 41.8. The normalized spacial score (nSPS) is 11.6. The van der Waals surface area contributed by atoms with E-state index >= 15 is 0 Å². The molecule has 7 nitrogen and oxygen atoms in total. The van der Waals surface area contributed by atoms with Gasteiger partial charge in [-0.05, 0) is 30.1 Å². The Morgan fingerprint density at radius 2 is 1.78 bits per heavy atom. The standard InChI is InChI=1S/C15H11N7S/c1-11(12-5-3-2-4-6-12)21-22-14(20)23-15(9-18,10-19)13(7-16)8-17/h2-6,16H,1H3,(H2,20,22)/b21-11+. The van der Waals surface area contributed by atoms with Crippen molar-refractivity contribution in [2.75, 3.05) is 0 Å². The summed E-state index contributed by atoms with van der Waals surface area (Å²) in [7, 11) is 0. The minimum Gasteiger partial charge on any atom is -0.377 e. The minimum atomic E-state index is -1.97. The number of rotatable bonds is 4. The second-order valence-corrected chi connectivity index (χ2v) is 5.34. The molecule has 0 atom stereocenters. The fourth-order valence-corrected chi connectivity index (χ4v) is 2.15. The molecule has 0 aliphatic carbocycles. The van der Waals surface area contributed by atoms with Gasteiger partial charge in [-0.1, -0.05) is 30.3 Å². The van der Waals surface area contributed by atoms with Gasteiger partial charge in [0.1, 0.15) is 23.8 Å². The van der Waals surface area contributed by atoms with Crippen molar-refractivity contribution in [2.45, 2.75) is 11.7 Å². The van der Waals surface area contributed by atoms with Gasteiger partial charge in [0.05, 0.1) is 5.71 Å². The third-order valence-electron chi connectivity index (χ3n) is 2.65. The van der Waals surface area contributed by atoms with Crippen molar-refractivity contribution in [2.24, 2.45) is 15.9 Å². The predicted octanol–water partition coefficient (Wildman–Crippen LogP) is 1.94. The average Bonchev–Trinajstić information content (AvgIpc) is 2.60. The number of nitrogens with zero attached hydrogens (tertiary/aromatic N) is 5. The maximum Gasteiger partial charge on any atom is 0.239 e. The maximum atomic E-state index is 9.18. The topological polar surface area (TPSA) is 146 Å². The lowest BCUT2D eigenvalue weighted by atomic mass is 10.0. The van der Waals surface area contributed by atoms with Crippen molar-refractivity contribution in [3.8, 4) is 18.2 Å². The summed E-state index contributed by atoms with van der Waals surface area (Å²) in [6, 6.07) is 14.2. The Labute approximate surface area is 137 Å². The van der Waals surface area contributed by atoms with Gasteiger partial charge in [0.15, 0.2) is 5.17 Å². The largest absolute Gasteiger partial charge is 0.377 e. The molecule has 8 heteroatoms. The van der Waals surface area contributed by atoms with Gasteiger partial charge >= 0.3 is 0 Å². The second-order valence-electron chi connectivity index (χ2n) is 4.11. The van der Waals surface area contributed by atoms with Gasteiger partial charge in [-0.2, -0.15) is 20.9 Å². The van der Waals surface area contributed by atoms with Crippen LogP contribution in [0.15, 0.2) is 46.1 Å². The van der Waals surface area contributed by atoms with Crippen LogP contribution in [0.25, 0.3) is 0 Å². The smallest absolute Gasteiger partial charge is 0.239 e. The average molecular weight is 321 g/mol. The molecule has 0 bridgehead atoms. The number of amidine groups is 1. The van der Waals surface area contributed by atoms with E-state index in [4.69, 9.17) is 16.4 Å². The van der Waals surface area contributed by atoms with Gasteiger partial charge in [0, 0.05) is 0 Å². The highest BCUT2D eigenvalue weighted by molar-refractivity contribution is 8.15. The van der Waals surface area contributed by atoms with Crippen LogP contribution in [0.3, 0.4) is 0 Å². The van der Waals surface area contributed by atoms with Crippen LogP contribution in [0.1, 0.15) is 12.5 Å². The number of benzene rings is 1. The molecule has 3 N–H and O–H groups in total. The number of hydrogen-bond donors (Lipinski definition) is 2. The van der Waals surface area contributed by atoms with Crippen LogP contribution in [-0.2, 0) is 0 Å². The quantitative estimate of drug-likeness (QED) is 0.376. The van der Waals surface area contributed by atoms with E-state index in [0.717, 1.165) is 5.56 Å². The summed E-state index contributed by atoms with van der Waals surface area (Å²) in [6.45, 7) is 1.73. The minimum absolute atomic E-state index is 0.175. The number of nitriles is 3. The monoisotopic (exact) mass is 321 g/mol. The van der Waals surface area contributed by atoms with Crippen LogP contribution < -0.4 is 5.73 Å². The maximum absolute atomic E-state index is 9.18. The molecule has 0 saturated heterocycles. The molecule has 0 aromatic heterocycles. The summed E-state index contributed by atoms with van der Waals surface area (Å²) < 4.78 is -1.97. The highest BCUT2D eigenvalue weighted by Gasteiger charge is 2.38. The van der Waals surface area contributed by atoms with Gasteiger partial charge in [-0.25, -0.2) is 0 Å². The van der Waals surface area contributed by atoms with Crippen LogP contribution >= 0.6 is 11.8 Å². The van der Waals surface area contributed by atoms with E-state index in [0.29, 0.717) is 17.5 Å². The molecule has 0 spiro atoms. The van der Waals surface area contributed by atoms with Gasteiger partial charge in [0.25, 0.3) is 0 Å². The first-order valence-electron chi connectivity index (χ1n) is 6.18. The first kappa shape index (κ1) is 17.7. The molecule has 0 aliphatic rings. The van der Waals surface area contributed by atoms with Crippen LogP contribution in [0.2, 0.25) is 0 Å². The third kappa shape index (κ3) is 4.30. The van der Waals surface area contributed by atoms with Crippen molar-refractivity contribution >= 4 is 28.5 Å². The number of nitrogens with one attached hydrogen (secondary N) is 1. The first-order chi connectivity index (χ1) is 11.0. The van der Waals surface area contributed by atoms with Crippen LogP contribution in [0.4, 0.5) is 0 Å². The lowest BCUT2D eigenvalue weighted by Crippen LogP contribution is -2.27. The molecule has 0 saturated carbocycles. The molecule has 0 unspecified atom stereocenters. The van der Waals surface area contributed by atoms with E-state index < -0.39 is 10.3 Å². The molecule has 1 rings (SSSR count). The predicted molar refractivity (Wildman–Crippen MR) is 88.7 cm³/mol.